The van der Waals surface area contributed by atoms with Crippen molar-refractivity contribution in [1.29, 1.82) is 0 Å². The molecule has 10 heteroatoms. The van der Waals surface area contributed by atoms with Gasteiger partial charge in [0.2, 0.25) is 0 Å². The monoisotopic (exact) mass is 528 g/mol. The topological polar surface area (TPSA) is 92.2 Å². The first-order valence-corrected chi connectivity index (χ1v) is 11.7. The second-order valence-corrected chi connectivity index (χ2v) is 8.83. The van der Waals surface area contributed by atoms with Gasteiger partial charge in [0.25, 0.3) is 5.91 Å². The maximum Gasteiger partial charge on any atom is 0.328 e. The first-order valence-electron chi connectivity index (χ1n) is 10.5. The Morgan fingerprint density at radius 3 is 2.26 bits per heavy atom. The molecule has 0 fully saturated rings. The predicted molar refractivity (Wildman–Crippen MR) is 140 cm³/mol. The fourth-order valence-corrected chi connectivity index (χ4v) is 4.17. The van der Waals surface area contributed by atoms with Crippen molar-refractivity contribution in [3.63, 3.8) is 0 Å². The SMILES string of the molecule is CCc1ccccc1NC(=O)C(=O)Nn1c(C(=O)Nc2ccc(Cl)cc2Cl)cc2cc(Cl)ccc21. The summed E-state index contributed by atoms with van der Waals surface area (Å²) in [6.07, 6.45) is 0.679. The van der Waals surface area contributed by atoms with Crippen LogP contribution in [-0.4, -0.2) is 22.4 Å². The minimum absolute atomic E-state index is 0.0587. The van der Waals surface area contributed by atoms with E-state index in [1.807, 2.05) is 19.1 Å². The van der Waals surface area contributed by atoms with E-state index in [9.17, 15) is 14.4 Å². The zero-order valence-corrected chi connectivity index (χ0v) is 20.6. The van der Waals surface area contributed by atoms with Gasteiger partial charge in [-0.15, -0.1) is 0 Å². The van der Waals surface area contributed by atoms with Crippen LogP contribution in [0, 0.1) is 0 Å². The second-order valence-electron chi connectivity index (χ2n) is 7.55. The molecule has 0 bridgehead atoms. The molecule has 1 aromatic heterocycles. The third kappa shape index (κ3) is 5.43. The number of para-hydroxylation sites is 1. The third-order valence-corrected chi connectivity index (χ3v) is 6.02. The lowest BCUT2D eigenvalue weighted by Gasteiger charge is -2.14. The highest BCUT2D eigenvalue weighted by atomic mass is 35.5. The van der Waals surface area contributed by atoms with Crippen LogP contribution in [0.5, 0.6) is 0 Å². The van der Waals surface area contributed by atoms with Crippen molar-refractivity contribution < 1.29 is 14.4 Å². The molecule has 3 aromatic carbocycles. The van der Waals surface area contributed by atoms with Gasteiger partial charge in [-0.3, -0.25) is 19.8 Å². The van der Waals surface area contributed by atoms with E-state index in [0.29, 0.717) is 38.7 Å². The van der Waals surface area contributed by atoms with Gasteiger partial charge in [0, 0.05) is 21.1 Å². The number of aryl methyl sites for hydroxylation is 1. The minimum Gasteiger partial charge on any atom is -0.319 e. The summed E-state index contributed by atoms with van der Waals surface area (Å²) in [5.41, 5.74) is 4.79. The van der Waals surface area contributed by atoms with E-state index >= 15 is 0 Å². The van der Waals surface area contributed by atoms with Crippen LogP contribution in [0.15, 0.2) is 66.7 Å². The van der Waals surface area contributed by atoms with Crippen LogP contribution in [0.3, 0.4) is 0 Å². The predicted octanol–water partition coefficient (Wildman–Crippen LogP) is 6.13. The van der Waals surface area contributed by atoms with Gasteiger partial charge < -0.3 is 10.6 Å². The molecule has 3 N–H and O–H groups in total. The minimum atomic E-state index is -0.957. The van der Waals surface area contributed by atoms with E-state index < -0.39 is 17.7 Å². The molecule has 0 aliphatic rings. The summed E-state index contributed by atoms with van der Waals surface area (Å²) in [6, 6.07) is 18.3. The molecule has 0 aliphatic carbocycles. The molecule has 0 atom stereocenters. The van der Waals surface area contributed by atoms with E-state index in [-0.39, 0.29) is 10.7 Å². The molecule has 0 saturated heterocycles. The highest BCUT2D eigenvalue weighted by molar-refractivity contribution is 6.42. The number of hydrogen-bond donors (Lipinski definition) is 3. The molecule has 1 heterocycles. The van der Waals surface area contributed by atoms with E-state index in [4.69, 9.17) is 34.8 Å². The smallest absolute Gasteiger partial charge is 0.319 e. The van der Waals surface area contributed by atoms with Crippen molar-refractivity contribution in [1.82, 2.24) is 4.68 Å². The highest BCUT2D eigenvalue weighted by Crippen LogP contribution is 2.27. The standard InChI is InChI=1S/C25H19Cl3N4O3/c1-2-14-5-3-4-6-19(14)29-24(34)25(35)31-32-21-10-8-16(26)11-15(21)12-22(32)23(33)30-20-9-7-17(27)13-18(20)28/h3-13H,2H2,1H3,(H,29,34)(H,30,33)(H,31,35). The molecule has 4 rings (SSSR count). The van der Waals surface area contributed by atoms with Crippen LogP contribution in [0.25, 0.3) is 10.9 Å². The molecule has 3 amide bonds. The first-order chi connectivity index (χ1) is 16.8. The molecule has 7 nitrogen and oxygen atoms in total. The second kappa shape index (κ2) is 10.4. The third-order valence-electron chi connectivity index (χ3n) is 5.24. The van der Waals surface area contributed by atoms with Gasteiger partial charge in [-0.25, -0.2) is 4.68 Å². The lowest BCUT2D eigenvalue weighted by molar-refractivity contribution is -0.133. The van der Waals surface area contributed by atoms with Crippen molar-refractivity contribution >= 4 is 74.8 Å². The number of halogens is 3. The number of rotatable bonds is 5. The van der Waals surface area contributed by atoms with Gasteiger partial charge in [0.1, 0.15) is 5.69 Å². The summed E-state index contributed by atoms with van der Waals surface area (Å²) in [7, 11) is 0. The van der Waals surface area contributed by atoms with Crippen molar-refractivity contribution in [2.75, 3.05) is 16.1 Å². The van der Waals surface area contributed by atoms with Gasteiger partial charge in [0.05, 0.1) is 16.2 Å². The Balaban J connectivity index is 1.64. The van der Waals surface area contributed by atoms with Crippen molar-refractivity contribution in [3.05, 3.63) is 93.1 Å². The van der Waals surface area contributed by atoms with E-state index in [1.165, 1.54) is 10.7 Å². The fourth-order valence-electron chi connectivity index (χ4n) is 3.53. The summed E-state index contributed by atoms with van der Waals surface area (Å²) < 4.78 is 1.23. The molecular formula is C25H19Cl3N4O3. The lowest BCUT2D eigenvalue weighted by Crippen LogP contribution is -2.36. The average Bonchev–Trinajstić information content (AvgIpc) is 3.18. The number of nitrogens with zero attached hydrogens (tertiary/aromatic N) is 1. The summed E-state index contributed by atoms with van der Waals surface area (Å²) in [5.74, 6) is -2.41. The van der Waals surface area contributed by atoms with Gasteiger partial charge in [0.15, 0.2) is 0 Å². The summed E-state index contributed by atoms with van der Waals surface area (Å²) >= 11 is 18.2. The molecule has 0 unspecified atom stereocenters. The Morgan fingerprint density at radius 2 is 1.51 bits per heavy atom. The molecule has 35 heavy (non-hydrogen) atoms. The Kier molecular flexibility index (Phi) is 7.31. The van der Waals surface area contributed by atoms with E-state index in [1.54, 1.807) is 48.5 Å². The van der Waals surface area contributed by atoms with Crippen LogP contribution in [0.4, 0.5) is 11.4 Å². The van der Waals surface area contributed by atoms with Crippen molar-refractivity contribution in [2.45, 2.75) is 13.3 Å². The van der Waals surface area contributed by atoms with Crippen LogP contribution in [0.1, 0.15) is 23.0 Å². The molecule has 0 spiro atoms. The quantitative estimate of drug-likeness (QED) is 0.272. The molecule has 4 aromatic rings. The Labute approximate surface area is 215 Å². The normalized spacial score (nSPS) is 10.7. The zero-order valence-electron chi connectivity index (χ0n) is 18.4. The Hall–Kier alpha value is -3.52. The maximum absolute atomic E-state index is 13.1. The largest absolute Gasteiger partial charge is 0.328 e. The highest BCUT2D eigenvalue weighted by Gasteiger charge is 2.22. The van der Waals surface area contributed by atoms with Crippen LogP contribution >= 0.6 is 34.8 Å². The fraction of sp³-hybridized carbons (Fsp3) is 0.0800. The van der Waals surface area contributed by atoms with Gasteiger partial charge in [-0.2, -0.15) is 0 Å². The number of hydrogen-bond acceptors (Lipinski definition) is 3. The number of aromatic nitrogens is 1. The van der Waals surface area contributed by atoms with Crippen LogP contribution in [-0.2, 0) is 16.0 Å². The maximum atomic E-state index is 13.1. The Morgan fingerprint density at radius 1 is 0.800 bits per heavy atom. The van der Waals surface area contributed by atoms with Crippen LogP contribution < -0.4 is 16.1 Å². The molecule has 0 aliphatic heterocycles. The molecule has 0 radical (unpaired) electrons. The number of amides is 3. The Bertz CT molecular complexity index is 1470. The molecule has 0 saturated carbocycles. The lowest BCUT2D eigenvalue weighted by atomic mass is 10.1. The molecule has 178 valence electrons. The van der Waals surface area contributed by atoms with E-state index in [2.05, 4.69) is 16.1 Å². The van der Waals surface area contributed by atoms with Crippen molar-refractivity contribution in [3.8, 4) is 0 Å². The van der Waals surface area contributed by atoms with Crippen molar-refractivity contribution in [2.24, 2.45) is 0 Å². The van der Waals surface area contributed by atoms with Gasteiger partial charge in [-0.1, -0.05) is 59.9 Å². The number of carbonyl (C=O) groups is 3. The molecular weight excluding hydrogens is 511 g/mol. The zero-order chi connectivity index (χ0) is 25.1. The number of fused-ring (bicyclic) bond motifs is 1. The first kappa shape index (κ1) is 24.6. The number of carbonyl (C=O) groups excluding carboxylic acids is 3. The van der Waals surface area contributed by atoms with E-state index in [0.717, 1.165) is 5.56 Å². The van der Waals surface area contributed by atoms with Crippen LogP contribution in [0.2, 0.25) is 15.1 Å². The number of benzene rings is 3. The number of nitrogens with one attached hydrogen (secondary N) is 3. The summed E-state index contributed by atoms with van der Waals surface area (Å²) in [5, 5.41) is 7.00. The summed E-state index contributed by atoms with van der Waals surface area (Å²) in [4.78, 5) is 38.6. The van der Waals surface area contributed by atoms with Gasteiger partial charge >= 0.3 is 11.8 Å². The van der Waals surface area contributed by atoms with Gasteiger partial charge in [-0.05, 0) is 60.5 Å². The summed E-state index contributed by atoms with van der Waals surface area (Å²) in [6.45, 7) is 1.94. The average molecular weight is 530 g/mol. The number of anilines is 2.